The molecule has 0 heterocycles. The quantitative estimate of drug-likeness (QED) is 0.914. The molecule has 0 amide bonds. The molecule has 0 saturated heterocycles. The lowest BCUT2D eigenvalue weighted by atomic mass is 10.1. The van der Waals surface area contributed by atoms with Crippen molar-refractivity contribution in [2.75, 3.05) is 0 Å². The number of hydrogen-bond acceptors (Lipinski definition) is 1. The Bertz CT molecular complexity index is 339. The normalized spacial score (nSPS) is 10.1. The average Bonchev–Trinajstić information content (AvgIpc) is 2.10. The molecule has 14 heavy (non-hydrogen) atoms. The van der Waals surface area contributed by atoms with Gasteiger partial charge < -0.3 is 5.11 Å². The molecule has 4 heteroatoms. The largest absolute Gasteiger partial charge is 0.481 e. The summed E-state index contributed by atoms with van der Waals surface area (Å²) in [5.74, 6) is -0.767. The first-order valence-corrected chi connectivity index (χ1v) is 5.42. The molecule has 0 radical (unpaired) electrons. The van der Waals surface area contributed by atoms with Crippen LogP contribution in [-0.4, -0.2) is 11.1 Å². The lowest BCUT2D eigenvalue weighted by Crippen LogP contribution is -1.96. The third kappa shape index (κ3) is 3.68. The van der Waals surface area contributed by atoms with Gasteiger partial charge in [-0.2, -0.15) is 0 Å². The van der Waals surface area contributed by atoms with Crippen LogP contribution in [0.2, 0.25) is 5.02 Å². The van der Waals surface area contributed by atoms with Gasteiger partial charge in [0.25, 0.3) is 0 Å². The number of benzene rings is 1. The lowest BCUT2D eigenvalue weighted by molar-refractivity contribution is -0.137. The summed E-state index contributed by atoms with van der Waals surface area (Å²) in [5, 5.41) is 9.17. The molecular weight excluding hydrogens is 267 g/mol. The first kappa shape index (κ1) is 11.5. The summed E-state index contributed by atoms with van der Waals surface area (Å²) in [4.78, 5) is 10.3. The zero-order valence-electron chi connectivity index (χ0n) is 7.46. The van der Waals surface area contributed by atoms with Crippen molar-refractivity contribution < 1.29 is 9.90 Å². The van der Waals surface area contributed by atoms with Crippen LogP contribution in [0.1, 0.15) is 18.4 Å². The van der Waals surface area contributed by atoms with Crippen molar-refractivity contribution in [1.82, 2.24) is 0 Å². The summed E-state index contributed by atoms with van der Waals surface area (Å²) in [6, 6.07) is 5.59. The van der Waals surface area contributed by atoms with E-state index in [1.807, 2.05) is 18.2 Å². The van der Waals surface area contributed by atoms with Gasteiger partial charge in [0, 0.05) is 15.9 Å². The summed E-state index contributed by atoms with van der Waals surface area (Å²) >= 11 is 9.29. The predicted molar refractivity (Wildman–Crippen MR) is 59.7 cm³/mol. The molecule has 2 nitrogen and oxygen atoms in total. The highest BCUT2D eigenvalue weighted by atomic mass is 79.9. The van der Waals surface area contributed by atoms with E-state index in [4.69, 9.17) is 16.7 Å². The van der Waals surface area contributed by atoms with E-state index in [0.717, 1.165) is 10.0 Å². The summed E-state index contributed by atoms with van der Waals surface area (Å²) in [7, 11) is 0. The van der Waals surface area contributed by atoms with Gasteiger partial charge in [0.05, 0.1) is 0 Å². The van der Waals surface area contributed by atoms with E-state index in [1.165, 1.54) is 0 Å². The van der Waals surface area contributed by atoms with E-state index < -0.39 is 5.97 Å². The fourth-order valence-corrected chi connectivity index (χ4v) is 1.79. The highest BCUT2D eigenvalue weighted by Gasteiger charge is 2.02. The third-order valence-corrected chi connectivity index (χ3v) is 2.71. The van der Waals surface area contributed by atoms with E-state index in [9.17, 15) is 4.79 Å². The van der Waals surface area contributed by atoms with Gasteiger partial charge in [-0.25, -0.2) is 0 Å². The van der Waals surface area contributed by atoms with Crippen molar-refractivity contribution in [2.45, 2.75) is 19.3 Å². The van der Waals surface area contributed by atoms with E-state index in [1.54, 1.807) is 0 Å². The van der Waals surface area contributed by atoms with Crippen molar-refractivity contribution in [2.24, 2.45) is 0 Å². The van der Waals surface area contributed by atoms with E-state index in [0.29, 0.717) is 17.9 Å². The molecule has 1 rings (SSSR count). The SMILES string of the molecule is O=C(O)CCCc1cc(Br)ccc1Cl. The zero-order chi connectivity index (χ0) is 10.6. The number of hydrogen-bond donors (Lipinski definition) is 1. The van der Waals surface area contributed by atoms with Crippen LogP contribution in [-0.2, 0) is 11.2 Å². The smallest absolute Gasteiger partial charge is 0.303 e. The number of halogens is 2. The van der Waals surface area contributed by atoms with Crippen LogP contribution in [0.3, 0.4) is 0 Å². The van der Waals surface area contributed by atoms with E-state index in [-0.39, 0.29) is 6.42 Å². The fourth-order valence-electron chi connectivity index (χ4n) is 1.16. The molecule has 0 aliphatic heterocycles. The van der Waals surface area contributed by atoms with Gasteiger partial charge in [-0.05, 0) is 36.6 Å². The molecule has 1 aromatic rings. The Labute approximate surface area is 96.0 Å². The Morgan fingerprint density at radius 2 is 2.21 bits per heavy atom. The van der Waals surface area contributed by atoms with Gasteiger partial charge in [0.15, 0.2) is 0 Å². The highest BCUT2D eigenvalue weighted by molar-refractivity contribution is 9.10. The molecule has 0 atom stereocenters. The van der Waals surface area contributed by atoms with Gasteiger partial charge in [-0.1, -0.05) is 27.5 Å². The molecular formula is C10H10BrClO2. The molecule has 1 aromatic carbocycles. The second-order valence-corrected chi connectivity index (χ2v) is 4.31. The number of carboxylic acids is 1. The third-order valence-electron chi connectivity index (χ3n) is 1.84. The van der Waals surface area contributed by atoms with Gasteiger partial charge in [0.2, 0.25) is 0 Å². The molecule has 1 N–H and O–H groups in total. The van der Waals surface area contributed by atoms with Crippen LogP contribution < -0.4 is 0 Å². The van der Waals surface area contributed by atoms with Crippen molar-refractivity contribution in [3.63, 3.8) is 0 Å². The number of aliphatic carboxylic acids is 1. The maximum atomic E-state index is 10.3. The van der Waals surface area contributed by atoms with Crippen LogP contribution in [0.5, 0.6) is 0 Å². The fraction of sp³-hybridized carbons (Fsp3) is 0.300. The minimum atomic E-state index is -0.767. The topological polar surface area (TPSA) is 37.3 Å². The minimum absolute atomic E-state index is 0.183. The molecule has 0 unspecified atom stereocenters. The highest BCUT2D eigenvalue weighted by Crippen LogP contribution is 2.22. The number of carbonyl (C=O) groups is 1. The van der Waals surface area contributed by atoms with Crippen molar-refractivity contribution >= 4 is 33.5 Å². The Hall–Kier alpha value is -0.540. The van der Waals surface area contributed by atoms with Crippen LogP contribution in [0.25, 0.3) is 0 Å². The summed E-state index contributed by atoms with van der Waals surface area (Å²) < 4.78 is 0.965. The lowest BCUT2D eigenvalue weighted by Gasteiger charge is -2.03. The number of carboxylic acid groups (broad SMARTS) is 1. The standard InChI is InChI=1S/C10H10BrClO2/c11-8-4-5-9(12)7(6-8)2-1-3-10(13)14/h4-6H,1-3H2,(H,13,14). The second-order valence-electron chi connectivity index (χ2n) is 2.98. The van der Waals surface area contributed by atoms with Crippen molar-refractivity contribution in [3.05, 3.63) is 33.3 Å². The number of aryl methyl sites for hydroxylation is 1. The Balaban J connectivity index is 2.57. The maximum absolute atomic E-state index is 10.3. The average molecular weight is 278 g/mol. The predicted octanol–water partition coefficient (Wildman–Crippen LogP) is 3.51. The van der Waals surface area contributed by atoms with Gasteiger partial charge >= 0.3 is 5.97 Å². The molecule has 0 aliphatic carbocycles. The second kappa shape index (κ2) is 5.37. The molecule has 0 aromatic heterocycles. The van der Waals surface area contributed by atoms with Crippen LogP contribution in [0, 0.1) is 0 Å². The molecule has 0 saturated carbocycles. The Morgan fingerprint density at radius 3 is 2.86 bits per heavy atom. The number of rotatable bonds is 4. The van der Waals surface area contributed by atoms with Crippen molar-refractivity contribution in [1.29, 1.82) is 0 Å². The summed E-state index contributed by atoms with van der Waals surface area (Å²) in [5.41, 5.74) is 0.988. The van der Waals surface area contributed by atoms with Crippen LogP contribution >= 0.6 is 27.5 Å². The zero-order valence-corrected chi connectivity index (χ0v) is 9.81. The van der Waals surface area contributed by atoms with E-state index in [2.05, 4.69) is 15.9 Å². The molecule has 0 aliphatic rings. The summed E-state index contributed by atoms with van der Waals surface area (Å²) in [6.45, 7) is 0. The molecule has 0 spiro atoms. The van der Waals surface area contributed by atoms with Crippen molar-refractivity contribution in [3.8, 4) is 0 Å². The molecule has 0 bridgehead atoms. The van der Waals surface area contributed by atoms with Gasteiger partial charge in [-0.15, -0.1) is 0 Å². The first-order valence-electron chi connectivity index (χ1n) is 4.25. The van der Waals surface area contributed by atoms with Gasteiger partial charge in [-0.3, -0.25) is 4.79 Å². The monoisotopic (exact) mass is 276 g/mol. The summed E-state index contributed by atoms with van der Waals surface area (Å²) in [6.07, 6.45) is 1.50. The Kier molecular flexibility index (Phi) is 4.42. The Morgan fingerprint density at radius 1 is 1.50 bits per heavy atom. The van der Waals surface area contributed by atoms with Crippen LogP contribution in [0.15, 0.2) is 22.7 Å². The molecule has 0 fully saturated rings. The van der Waals surface area contributed by atoms with Gasteiger partial charge in [0.1, 0.15) is 0 Å². The first-order chi connectivity index (χ1) is 6.59. The molecule has 76 valence electrons. The minimum Gasteiger partial charge on any atom is -0.481 e. The van der Waals surface area contributed by atoms with E-state index >= 15 is 0 Å². The maximum Gasteiger partial charge on any atom is 0.303 e. The van der Waals surface area contributed by atoms with Crippen LogP contribution in [0.4, 0.5) is 0 Å².